The van der Waals surface area contributed by atoms with Gasteiger partial charge >= 0.3 is 31.1 Å². The quantitative estimate of drug-likeness (QED) is 0.0345. The van der Waals surface area contributed by atoms with E-state index in [1.54, 1.807) is 19.2 Å². The molecule has 4 heterocycles. The molecule has 5 amide bonds. The number of carbonyl (C=O) groups is 5. The highest BCUT2D eigenvalue weighted by Gasteiger charge is 2.57. The lowest BCUT2D eigenvalue weighted by Crippen LogP contribution is -2.63. The molecule has 2 aromatic carbocycles. The molecule has 2 aromatic heterocycles. The van der Waals surface area contributed by atoms with Crippen molar-refractivity contribution >= 4 is 35.7 Å². The number of hydrazine groups is 1. The minimum Gasteiger partial charge on any atom is -0.465 e. The monoisotopic (exact) mass is 1140 g/mol. The third-order valence-electron chi connectivity index (χ3n) is 14.1. The third-order valence-corrected chi connectivity index (χ3v) is 14.1. The molecule has 2 fully saturated rings. The van der Waals surface area contributed by atoms with Gasteiger partial charge in [-0.2, -0.15) is 40.2 Å². The highest BCUT2D eigenvalue weighted by Crippen LogP contribution is 2.42. The Kier molecular flexibility index (Phi) is 19.1. The number of hydrogen-bond acceptors (Lipinski definition) is 11. The summed E-state index contributed by atoms with van der Waals surface area (Å²) < 4.78 is 150. The van der Waals surface area contributed by atoms with Gasteiger partial charge in [0, 0.05) is 80.8 Å². The molecule has 6 atom stereocenters. The number of aliphatic hydroxyl groups excluding tert-OH is 1. The normalized spacial score (nSPS) is 17.4. The number of methoxy groups -OCH3 is 1. The Hall–Kier alpha value is -7.67. The topological polar surface area (TPSA) is 224 Å². The lowest BCUT2D eigenvalue weighted by Gasteiger charge is -2.46. The Balaban J connectivity index is 1.32. The number of carboxylic acid groups (broad SMARTS) is 1. The lowest BCUT2D eigenvalue weighted by molar-refractivity contribution is -0.221. The maximum Gasteiger partial charge on any atom is 0.407 e. The standard InChI is InChI=1S/C52H58F10N10O8/c1-28(73)69-21-32-15-33(22-69)24-70(23-32)41-14-13-31(19-63-41)12-9-29-7-10-30(11-8-29)16-39(65-44(75)42(67-48(79)80-6)49(2,3)51(57,58)59)40(74)27-71(68-45(76)43(66-47(77)78)50(4,5)52(60,61)62)26-36-37(53)17-34(18-38(36)54)35-20-64-72(25-35)46(55)56/h7-8,10-11,13-14,17-20,25,32-33,39-40,42-43,46,66,74H,15-16,21-24,26-27H2,1-6H3,(H,65,75)(H,67,79)(H,68,76)(H,77,78). The van der Waals surface area contributed by atoms with Crippen molar-refractivity contribution in [1.29, 1.82) is 0 Å². The van der Waals surface area contributed by atoms with E-state index in [0.717, 1.165) is 44.8 Å². The van der Waals surface area contributed by atoms with E-state index in [9.17, 15) is 69.3 Å². The van der Waals surface area contributed by atoms with E-state index in [1.165, 1.54) is 29.6 Å². The van der Waals surface area contributed by atoms with Crippen LogP contribution in [0.5, 0.6) is 0 Å². The largest absolute Gasteiger partial charge is 0.465 e. The molecule has 0 spiro atoms. The Labute approximate surface area is 452 Å². The molecule has 6 rings (SSSR count). The maximum absolute atomic E-state index is 16.0. The van der Waals surface area contributed by atoms with Gasteiger partial charge in [-0.25, -0.2) is 33.0 Å². The zero-order chi connectivity index (χ0) is 59.2. The zero-order valence-electron chi connectivity index (χ0n) is 43.9. The van der Waals surface area contributed by atoms with Gasteiger partial charge < -0.3 is 40.7 Å². The number of ether oxygens (including phenoxy) is 1. The number of carbonyl (C=O) groups excluding carboxylic acids is 4. The van der Waals surface area contributed by atoms with Crippen molar-refractivity contribution in [3.8, 4) is 23.0 Å². The number of hydrogen-bond donors (Lipinski definition) is 6. The smallest absolute Gasteiger partial charge is 0.407 e. The van der Waals surface area contributed by atoms with E-state index in [1.807, 2.05) is 21.7 Å². The molecule has 80 heavy (non-hydrogen) atoms. The second-order valence-electron chi connectivity index (χ2n) is 20.7. The number of alkyl carbamates (subject to hydrolysis) is 1. The number of nitrogens with one attached hydrogen (secondary N) is 4. The van der Waals surface area contributed by atoms with Crippen LogP contribution in [0.15, 0.2) is 67.1 Å². The number of rotatable bonds is 18. The molecule has 434 valence electrons. The van der Waals surface area contributed by atoms with Gasteiger partial charge in [-0.1, -0.05) is 24.0 Å². The number of aliphatic hydroxyl groups is 1. The summed E-state index contributed by atoms with van der Waals surface area (Å²) in [5.74, 6) is 1.13. The first kappa shape index (κ1) is 61.5. The fourth-order valence-electron chi connectivity index (χ4n) is 9.25. The highest BCUT2D eigenvalue weighted by molar-refractivity contribution is 5.87. The molecular formula is C52H58F10N10O8. The Morgan fingerprint density at radius 3 is 1.85 bits per heavy atom. The number of amides is 5. The van der Waals surface area contributed by atoms with E-state index < -0.39 is 115 Å². The number of aromatic nitrogens is 3. The third kappa shape index (κ3) is 15.0. The van der Waals surface area contributed by atoms with Crippen LogP contribution in [-0.4, -0.2) is 141 Å². The highest BCUT2D eigenvalue weighted by atomic mass is 19.4. The van der Waals surface area contributed by atoms with Crippen molar-refractivity contribution in [2.24, 2.45) is 22.7 Å². The van der Waals surface area contributed by atoms with Crippen LogP contribution in [0.1, 0.15) is 69.8 Å². The fraction of sp³-hybridized carbons (Fsp3) is 0.481. The summed E-state index contributed by atoms with van der Waals surface area (Å²) in [5.41, 5.74) is -4.58. The number of benzene rings is 2. The first-order valence-electron chi connectivity index (χ1n) is 24.7. The molecule has 6 N–H and O–H groups in total. The number of alkyl halides is 8. The summed E-state index contributed by atoms with van der Waals surface area (Å²) in [6.07, 6.45) is -12.5. The van der Waals surface area contributed by atoms with Crippen molar-refractivity contribution in [1.82, 2.24) is 46.0 Å². The Morgan fingerprint density at radius 1 is 0.787 bits per heavy atom. The zero-order valence-corrected chi connectivity index (χ0v) is 43.9. The second-order valence-corrected chi connectivity index (χ2v) is 20.7. The molecule has 0 aliphatic carbocycles. The first-order valence-corrected chi connectivity index (χ1v) is 24.7. The number of halogens is 10. The molecule has 2 aliphatic heterocycles. The summed E-state index contributed by atoms with van der Waals surface area (Å²) >= 11 is 0. The van der Waals surface area contributed by atoms with Gasteiger partial charge in [0.05, 0.1) is 36.3 Å². The predicted molar refractivity (Wildman–Crippen MR) is 266 cm³/mol. The van der Waals surface area contributed by atoms with Crippen molar-refractivity contribution in [2.75, 3.05) is 44.7 Å². The predicted octanol–water partition coefficient (Wildman–Crippen LogP) is 6.78. The van der Waals surface area contributed by atoms with Crippen LogP contribution in [0.25, 0.3) is 11.1 Å². The average Bonchev–Trinajstić information content (AvgIpc) is 3.98. The molecule has 0 radical (unpaired) electrons. The number of fused-ring (bicyclic) bond motifs is 2. The SMILES string of the molecule is COC(=O)NC(C(=O)NC(Cc1ccc(C#Cc2ccc(N3CC4CC(CN(C(C)=O)C4)C3)nc2)cc1)C(O)CN(Cc1c(F)cc(-c2cnn(C(F)F)c2)cc1F)NC(=O)C(NC(=O)O)C(C)(C)C(F)(F)F)C(C)(C)C(F)(F)F. The minimum atomic E-state index is -5.29. The molecule has 6 unspecified atom stereocenters. The van der Waals surface area contributed by atoms with E-state index in [0.29, 0.717) is 80.9 Å². The number of piperidine rings is 2. The molecule has 0 saturated carbocycles. The fourth-order valence-corrected chi connectivity index (χ4v) is 9.25. The van der Waals surface area contributed by atoms with E-state index in [4.69, 9.17) is 0 Å². The van der Waals surface area contributed by atoms with Crippen molar-refractivity contribution in [3.63, 3.8) is 0 Å². The van der Waals surface area contributed by atoms with E-state index in [2.05, 4.69) is 36.9 Å². The summed E-state index contributed by atoms with van der Waals surface area (Å²) in [7, 11) is 0.805. The molecule has 2 saturated heterocycles. The van der Waals surface area contributed by atoms with Crippen LogP contribution in [0.4, 0.5) is 59.3 Å². The van der Waals surface area contributed by atoms with Gasteiger partial charge in [-0.05, 0) is 99.9 Å². The molecule has 2 aliphatic rings. The number of pyridine rings is 1. The van der Waals surface area contributed by atoms with E-state index in [-0.39, 0.29) is 27.3 Å². The van der Waals surface area contributed by atoms with Crippen LogP contribution in [0.2, 0.25) is 0 Å². The second kappa shape index (κ2) is 24.8. The number of likely N-dealkylation sites (tertiary alicyclic amines) is 1. The summed E-state index contributed by atoms with van der Waals surface area (Å²) in [4.78, 5) is 72.7. The molecule has 4 aromatic rings. The minimum absolute atomic E-state index is 0.0458. The van der Waals surface area contributed by atoms with Crippen LogP contribution in [0.3, 0.4) is 0 Å². The van der Waals surface area contributed by atoms with Gasteiger partial charge in [-0.3, -0.25) is 19.8 Å². The lowest BCUT2D eigenvalue weighted by atomic mass is 9.82. The molecule has 2 bridgehead atoms. The summed E-state index contributed by atoms with van der Waals surface area (Å²) in [5, 5.41) is 30.9. The number of nitrogens with zero attached hydrogens (tertiary/aromatic N) is 6. The average molecular weight is 1140 g/mol. The van der Waals surface area contributed by atoms with Crippen LogP contribution >= 0.6 is 0 Å². The van der Waals surface area contributed by atoms with Gasteiger partial charge in [0.1, 0.15) is 29.5 Å². The van der Waals surface area contributed by atoms with Crippen molar-refractivity contribution in [3.05, 3.63) is 101 Å². The van der Waals surface area contributed by atoms with Crippen molar-refractivity contribution in [2.45, 2.75) is 97.1 Å². The summed E-state index contributed by atoms with van der Waals surface area (Å²) in [6, 6.07) is 3.90. The first-order chi connectivity index (χ1) is 37.3. The van der Waals surface area contributed by atoms with Crippen LogP contribution in [-0.2, 0) is 32.1 Å². The van der Waals surface area contributed by atoms with Gasteiger partial charge in [0.2, 0.25) is 11.8 Å². The van der Waals surface area contributed by atoms with Crippen LogP contribution in [0, 0.1) is 46.1 Å². The van der Waals surface area contributed by atoms with Gasteiger partial charge in [-0.15, -0.1) is 0 Å². The van der Waals surface area contributed by atoms with Crippen LogP contribution < -0.4 is 26.3 Å². The van der Waals surface area contributed by atoms with Gasteiger partial charge in [0.15, 0.2) is 0 Å². The van der Waals surface area contributed by atoms with Crippen molar-refractivity contribution < 1.29 is 82.8 Å². The molecular weight excluding hydrogens is 1080 g/mol. The Morgan fingerprint density at radius 2 is 1.35 bits per heavy atom. The van der Waals surface area contributed by atoms with Gasteiger partial charge in [0.25, 0.3) is 5.91 Å². The van der Waals surface area contributed by atoms with E-state index >= 15 is 8.78 Å². The Bertz CT molecular complexity index is 2910. The maximum atomic E-state index is 16.0. The molecule has 28 heteroatoms. The number of anilines is 1. The molecule has 18 nitrogen and oxygen atoms in total. The summed E-state index contributed by atoms with van der Waals surface area (Å²) in [6.45, 7) is 0.967.